The second kappa shape index (κ2) is 10.0. The molecule has 0 radical (unpaired) electrons. The van der Waals surface area contributed by atoms with Crippen molar-refractivity contribution in [1.82, 2.24) is 21.1 Å². The summed E-state index contributed by atoms with van der Waals surface area (Å²) < 4.78 is 5.57. The number of carbonyl (C=O) groups is 1. The third-order valence-electron chi connectivity index (χ3n) is 3.14. The Balaban J connectivity index is 2.23. The van der Waals surface area contributed by atoms with Crippen molar-refractivity contribution in [1.29, 1.82) is 0 Å². The molecule has 0 unspecified atom stereocenters. The molecule has 1 amide bonds. The quantitative estimate of drug-likeness (QED) is 0.393. The van der Waals surface area contributed by atoms with Gasteiger partial charge >= 0.3 is 0 Å². The van der Waals surface area contributed by atoms with Gasteiger partial charge in [-0.2, -0.15) is 0 Å². The van der Waals surface area contributed by atoms with E-state index >= 15 is 0 Å². The van der Waals surface area contributed by atoms with Gasteiger partial charge in [-0.25, -0.2) is 0 Å². The number of hydrazine groups is 1. The van der Waals surface area contributed by atoms with E-state index in [1.54, 1.807) is 0 Å². The number of amides is 1. The number of aryl methyl sites for hydroxylation is 2. The maximum atomic E-state index is 11.8. The van der Waals surface area contributed by atoms with E-state index in [4.69, 9.17) is 17.0 Å². The van der Waals surface area contributed by atoms with E-state index < -0.39 is 0 Å². The lowest BCUT2D eigenvalue weighted by Gasteiger charge is -2.14. The molecule has 0 aliphatic rings. The molecule has 1 aromatic carbocycles. The summed E-state index contributed by atoms with van der Waals surface area (Å²) in [6, 6.07) is 5.86. The summed E-state index contributed by atoms with van der Waals surface area (Å²) in [5.41, 5.74) is 7.18. The molecule has 0 aliphatic carbocycles. The number of carbonyl (C=O) groups excluding carboxylic acids is 1. The van der Waals surface area contributed by atoms with E-state index in [1.807, 2.05) is 46.1 Å². The summed E-state index contributed by atoms with van der Waals surface area (Å²) in [6.07, 6.45) is 0.971. The Morgan fingerprint density at radius 2 is 1.87 bits per heavy atom. The zero-order valence-corrected chi connectivity index (χ0v) is 15.0. The molecule has 128 valence electrons. The third-order valence-corrected chi connectivity index (χ3v) is 3.39. The zero-order valence-electron chi connectivity index (χ0n) is 14.2. The van der Waals surface area contributed by atoms with Crippen LogP contribution in [0.3, 0.4) is 0 Å². The van der Waals surface area contributed by atoms with Crippen LogP contribution in [0.2, 0.25) is 0 Å². The van der Waals surface area contributed by atoms with Crippen molar-refractivity contribution in [2.45, 2.75) is 20.3 Å². The van der Waals surface area contributed by atoms with Gasteiger partial charge in [-0.15, -0.1) is 0 Å². The molecule has 1 aromatic rings. The van der Waals surface area contributed by atoms with Crippen LogP contribution in [0.5, 0.6) is 5.75 Å². The van der Waals surface area contributed by atoms with Crippen LogP contribution >= 0.6 is 12.2 Å². The van der Waals surface area contributed by atoms with Crippen LogP contribution in [0.4, 0.5) is 0 Å². The molecular formula is C16H26N4O2S. The summed E-state index contributed by atoms with van der Waals surface area (Å²) in [4.78, 5) is 13.9. The molecule has 1 rings (SSSR count). The van der Waals surface area contributed by atoms with E-state index in [-0.39, 0.29) is 12.5 Å². The van der Waals surface area contributed by atoms with Gasteiger partial charge in [0, 0.05) is 6.54 Å². The molecule has 0 aliphatic heterocycles. The van der Waals surface area contributed by atoms with Crippen LogP contribution in [0, 0.1) is 13.8 Å². The first kappa shape index (κ1) is 19.2. The molecule has 0 atom stereocenters. The zero-order chi connectivity index (χ0) is 17.2. The van der Waals surface area contributed by atoms with Crippen molar-refractivity contribution < 1.29 is 9.53 Å². The fourth-order valence-electron chi connectivity index (χ4n) is 1.97. The lowest BCUT2D eigenvalue weighted by Crippen LogP contribution is -2.48. The number of hydrogen-bond donors (Lipinski definition) is 3. The van der Waals surface area contributed by atoms with Crippen LogP contribution in [0.25, 0.3) is 0 Å². The van der Waals surface area contributed by atoms with Crippen molar-refractivity contribution in [3.8, 4) is 5.75 Å². The highest BCUT2D eigenvalue weighted by Crippen LogP contribution is 2.21. The second-order valence-corrected chi connectivity index (χ2v) is 6.00. The molecule has 0 saturated heterocycles. The van der Waals surface area contributed by atoms with Crippen LogP contribution < -0.4 is 20.9 Å². The minimum atomic E-state index is -0.287. The predicted molar refractivity (Wildman–Crippen MR) is 96.5 cm³/mol. The second-order valence-electron chi connectivity index (χ2n) is 5.60. The summed E-state index contributed by atoms with van der Waals surface area (Å²) in [5.74, 6) is 0.456. The van der Waals surface area contributed by atoms with Crippen LogP contribution in [-0.4, -0.2) is 49.7 Å². The lowest BCUT2D eigenvalue weighted by molar-refractivity contribution is -0.123. The van der Waals surface area contributed by atoms with Gasteiger partial charge < -0.3 is 15.0 Å². The number of nitrogens with one attached hydrogen (secondary N) is 3. The van der Waals surface area contributed by atoms with E-state index in [0.717, 1.165) is 36.4 Å². The van der Waals surface area contributed by atoms with E-state index in [9.17, 15) is 4.79 Å². The average Bonchev–Trinajstić information content (AvgIpc) is 2.49. The van der Waals surface area contributed by atoms with Gasteiger partial charge in [-0.05, 0) is 64.3 Å². The smallest absolute Gasteiger partial charge is 0.276 e. The topological polar surface area (TPSA) is 65.6 Å². The first-order valence-corrected chi connectivity index (χ1v) is 7.97. The molecule has 3 N–H and O–H groups in total. The number of ether oxygens (including phenoxy) is 1. The standard InChI is InChI=1S/C16H26N4O2S/c1-12-7-5-8-13(2)15(12)22-11-14(21)18-19-16(23)17-9-6-10-20(3)4/h5,7-8H,6,9-11H2,1-4H3,(H,18,21)(H2,17,19,23). The number of nitrogens with zero attached hydrogens (tertiary/aromatic N) is 1. The molecule has 0 spiro atoms. The lowest BCUT2D eigenvalue weighted by atomic mass is 10.1. The molecule has 23 heavy (non-hydrogen) atoms. The Morgan fingerprint density at radius 3 is 2.48 bits per heavy atom. The van der Waals surface area contributed by atoms with Gasteiger partial charge in [-0.1, -0.05) is 18.2 Å². The Hall–Kier alpha value is -1.86. The van der Waals surface area contributed by atoms with E-state index in [2.05, 4.69) is 21.1 Å². The van der Waals surface area contributed by atoms with Gasteiger partial charge in [0.05, 0.1) is 0 Å². The van der Waals surface area contributed by atoms with Crippen LogP contribution in [0.1, 0.15) is 17.5 Å². The maximum absolute atomic E-state index is 11.8. The number of thiocarbonyl (C=S) groups is 1. The van der Waals surface area contributed by atoms with Crippen LogP contribution in [0.15, 0.2) is 18.2 Å². The number of para-hydroxylation sites is 1. The SMILES string of the molecule is Cc1cccc(C)c1OCC(=O)NNC(=S)NCCCN(C)C. The molecule has 0 heterocycles. The Labute approximate surface area is 143 Å². The summed E-state index contributed by atoms with van der Waals surface area (Å²) >= 11 is 5.08. The van der Waals surface area contributed by atoms with Crippen molar-refractivity contribution in [2.24, 2.45) is 0 Å². The number of benzene rings is 1. The van der Waals surface area contributed by atoms with E-state index in [0.29, 0.717) is 5.11 Å². The first-order valence-electron chi connectivity index (χ1n) is 7.56. The van der Waals surface area contributed by atoms with Crippen molar-refractivity contribution in [2.75, 3.05) is 33.8 Å². The van der Waals surface area contributed by atoms with Crippen molar-refractivity contribution in [3.63, 3.8) is 0 Å². The monoisotopic (exact) mass is 338 g/mol. The van der Waals surface area contributed by atoms with Gasteiger partial charge in [0.15, 0.2) is 11.7 Å². The normalized spacial score (nSPS) is 10.3. The molecule has 0 saturated carbocycles. The largest absolute Gasteiger partial charge is 0.483 e. The third kappa shape index (κ3) is 7.80. The average molecular weight is 338 g/mol. The van der Waals surface area contributed by atoms with Gasteiger partial charge in [0.2, 0.25) is 0 Å². The van der Waals surface area contributed by atoms with Gasteiger partial charge in [0.25, 0.3) is 5.91 Å². The fourth-order valence-corrected chi connectivity index (χ4v) is 2.12. The molecule has 0 bridgehead atoms. The van der Waals surface area contributed by atoms with Crippen molar-refractivity contribution >= 4 is 23.2 Å². The highest BCUT2D eigenvalue weighted by atomic mass is 32.1. The Kier molecular flexibility index (Phi) is 8.36. The van der Waals surface area contributed by atoms with Crippen molar-refractivity contribution in [3.05, 3.63) is 29.3 Å². The minimum Gasteiger partial charge on any atom is -0.483 e. The maximum Gasteiger partial charge on any atom is 0.276 e. The van der Waals surface area contributed by atoms with Gasteiger partial charge in [-0.3, -0.25) is 15.6 Å². The molecule has 6 nitrogen and oxygen atoms in total. The Bertz CT molecular complexity index is 515. The molecule has 0 aromatic heterocycles. The highest BCUT2D eigenvalue weighted by Gasteiger charge is 2.07. The predicted octanol–water partition coefficient (Wildman–Crippen LogP) is 1.13. The summed E-state index contributed by atoms with van der Waals surface area (Å²) in [7, 11) is 4.04. The Morgan fingerprint density at radius 1 is 1.22 bits per heavy atom. The summed E-state index contributed by atoms with van der Waals surface area (Å²) in [5, 5.41) is 3.42. The minimum absolute atomic E-state index is 0.0675. The molecular weight excluding hydrogens is 312 g/mol. The highest BCUT2D eigenvalue weighted by molar-refractivity contribution is 7.80. The van der Waals surface area contributed by atoms with Crippen LogP contribution in [-0.2, 0) is 4.79 Å². The van der Waals surface area contributed by atoms with E-state index in [1.165, 1.54) is 0 Å². The first-order chi connectivity index (χ1) is 10.9. The van der Waals surface area contributed by atoms with Gasteiger partial charge in [0.1, 0.15) is 5.75 Å². The fraction of sp³-hybridized carbons (Fsp3) is 0.500. The number of hydrogen-bond acceptors (Lipinski definition) is 4. The number of rotatable bonds is 7. The summed E-state index contributed by atoms with van der Waals surface area (Å²) in [6.45, 7) is 5.56. The molecule has 7 heteroatoms. The molecule has 0 fully saturated rings.